The van der Waals surface area contributed by atoms with Crippen LogP contribution in [0.3, 0.4) is 0 Å². The zero-order valence-electron chi connectivity index (χ0n) is 11.5. The first-order chi connectivity index (χ1) is 8.79. The number of nitrogens with zero attached hydrogens (tertiary/aromatic N) is 2. The maximum absolute atomic E-state index is 11.4. The van der Waals surface area contributed by atoms with Gasteiger partial charge in [0.1, 0.15) is 0 Å². The third-order valence-electron chi connectivity index (χ3n) is 3.99. The molecular weight excluding hydrogens is 228 g/mol. The van der Waals surface area contributed by atoms with Gasteiger partial charge in [-0.2, -0.15) is 0 Å². The van der Waals surface area contributed by atoms with Gasteiger partial charge in [-0.1, -0.05) is 0 Å². The first-order valence-electron chi connectivity index (χ1n) is 7.23. The molecule has 0 bridgehead atoms. The van der Waals surface area contributed by atoms with Gasteiger partial charge in [-0.25, -0.2) is 0 Å². The third kappa shape index (κ3) is 3.93. The fourth-order valence-corrected chi connectivity index (χ4v) is 2.85. The van der Waals surface area contributed by atoms with Crippen molar-refractivity contribution in [2.45, 2.75) is 25.8 Å². The Morgan fingerprint density at radius 2 is 2.11 bits per heavy atom. The molecule has 18 heavy (non-hydrogen) atoms. The summed E-state index contributed by atoms with van der Waals surface area (Å²) in [6.07, 6.45) is 1.93. The van der Waals surface area contributed by atoms with Gasteiger partial charge >= 0.3 is 0 Å². The Kier molecular flexibility index (Phi) is 5.41. The van der Waals surface area contributed by atoms with Gasteiger partial charge in [0.15, 0.2) is 0 Å². The van der Waals surface area contributed by atoms with Crippen LogP contribution in [0.5, 0.6) is 0 Å². The maximum Gasteiger partial charge on any atom is 0.221 e. The van der Waals surface area contributed by atoms with E-state index in [-0.39, 0.29) is 5.91 Å². The van der Waals surface area contributed by atoms with E-state index in [1.807, 2.05) is 6.92 Å². The van der Waals surface area contributed by atoms with Crippen LogP contribution in [0.15, 0.2) is 0 Å². The molecule has 2 N–H and O–H groups in total. The van der Waals surface area contributed by atoms with E-state index in [1.165, 1.54) is 13.0 Å². The van der Waals surface area contributed by atoms with Crippen molar-refractivity contribution < 1.29 is 4.79 Å². The second-order valence-electron chi connectivity index (χ2n) is 5.23. The highest BCUT2D eigenvalue weighted by molar-refractivity contribution is 5.75. The quantitative estimate of drug-likeness (QED) is 0.694. The van der Waals surface area contributed by atoms with E-state index < -0.39 is 0 Å². The van der Waals surface area contributed by atoms with Gasteiger partial charge in [0, 0.05) is 58.3 Å². The van der Waals surface area contributed by atoms with Crippen molar-refractivity contribution in [2.75, 3.05) is 52.4 Å². The number of piperazine rings is 1. The zero-order chi connectivity index (χ0) is 12.8. The van der Waals surface area contributed by atoms with E-state index in [2.05, 4.69) is 20.4 Å². The molecule has 0 spiro atoms. The highest BCUT2D eigenvalue weighted by atomic mass is 16.1. The summed E-state index contributed by atoms with van der Waals surface area (Å²) in [6.45, 7) is 10.5. The standard InChI is InChI=1S/C13H26N4O/c1-2-15-13(18)4-6-16-7-9-17(10-8-16)12-3-5-14-11-12/h12,14H,2-11H2,1H3,(H,15,18). The number of carbonyl (C=O) groups is 1. The maximum atomic E-state index is 11.4. The van der Waals surface area contributed by atoms with Gasteiger partial charge in [-0.15, -0.1) is 0 Å². The van der Waals surface area contributed by atoms with Gasteiger partial charge in [0.2, 0.25) is 5.91 Å². The summed E-state index contributed by atoms with van der Waals surface area (Å²) in [5, 5.41) is 6.28. The van der Waals surface area contributed by atoms with Crippen LogP contribution in [-0.4, -0.2) is 74.1 Å². The average Bonchev–Trinajstić information content (AvgIpc) is 2.91. The van der Waals surface area contributed by atoms with Crippen molar-refractivity contribution >= 4 is 5.91 Å². The molecule has 1 amide bonds. The molecule has 0 aromatic heterocycles. The molecule has 104 valence electrons. The predicted octanol–water partition coefficient (Wildman–Crippen LogP) is -0.508. The molecule has 0 saturated carbocycles. The summed E-state index contributed by atoms with van der Waals surface area (Å²) in [5.74, 6) is 0.180. The van der Waals surface area contributed by atoms with E-state index in [9.17, 15) is 4.79 Å². The summed E-state index contributed by atoms with van der Waals surface area (Å²) in [6, 6.07) is 0.746. The number of hydrogen-bond donors (Lipinski definition) is 2. The van der Waals surface area contributed by atoms with Crippen LogP contribution >= 0.6 is 0 Å². The summed E-state index contributed by atoms with van der Waals surface area (Å²) in [7, 11) is 0. The number of carbonyl (C=O) groups excluding carboxylic acids is 1. The highest BCUT2D eigenvalue weighted by Gasteiger charge is 2.25. The number of hydrogen-bond acceptors (Lipinski definition) is 4. The summed E-state index contributed by atoms with van der Waals surface area (Å²) in [4.78, 5) is 16.4. The van der Waals surface area contributed by atoms with Crippen LogP contribution < -0.4 is 10.6 Å². The van der Waals surface area contributed by atoms with Crippen molar-refractivity contribution in [3.63, 3.8) is 0 Å². The molecule has 2 fully saturated rings. The molecular formula is C13H26N4O. The van der Waals surface area contributed by atoms with Gasteiger partial charge < -0.3 is 15.5 Å². The van der Waals surface area contributed by atoms with Crippen LogP contribution in [0.25, 0.3) is 0 Å². The van der Waals surface area contributed by atoms with E-state index in [4.69, 9.17) is 0 Å². The summed E-state index contributed by atoms with van der Waals surface area (Å²) in [5.41, 5.74) is 0. The molecule has 0 radical (unpaired) electrons. The Labute approximate surface area is 110 Å². The van der Waals surface area contributed by atoms with Gasteiger partial charge in [-0.05, 0) is 19.9 Å². The third-order valence-corrected chi connectivity index (χ3v) is 3.99. The van der Waals surface area contributed by atoms with E-state index in [0.717, 1.165) is 51.9 Å². The SMILES string of the molecule is CCNC(=O)CCN1CCN(C2CCNC2)CC1. The topological polar surface area (TPSA) is 47.6 Å². The largest absolute Gasteiger partial charge is 0.356 e. The lowest BCUT2D eigenvalue weighted by Crippen LogP contribution is -2.51. The highest BCUT2D eigenvalue weighted by Crippen LogP contribution is 2.11. The lowest BCUT2D eigenvalue weighted by atomic mass is 10.2. The molecule has 2 aliphatic rings. The van der Waals surface area contributed by atoms with E-state index in [0.29, 0.717) is 6.42 Å². The first kappa shape index (κ1) is 13.8. The fourth-order valence-electron chi connectivity index (χ4n) is 2.85. The molecule has 0 aliphatic carbocycles. The van der Waals surface area contributed by atoms with Crippen LogP contribution in [0.1, 0.15) is 19.8 Å². The monoisotopic (exact) mass is 254 g/mol. The Morgan fingerprint density at radius 1 is 1.33 bits per heavy atom. The summed E-state index contributed by atoms with van der Waals surface area (Å²) >= 11 is 0. The second-order valence-corrected chi connectivity index (χ2v) is 5.23. The first-order valence-corrected chi connectivity index (χ1v) is 7.23. The van der Waals surface area contributed by atoms with Crippen molar-refractivity contribution in [1.29, 1.82) is 0 Å². The minimum Gasteiger partial charge on any atom is -0.356 e. The fraction of sp³-hybridized carbons (Fsp3) is 0.923. The van der Waals surface area contributed by atoms with Gasteiger partial charge in [0.05, 0.1) is 0 Å². The molecule has 0 aromatic rings. The molecule has 2 saturated heterocycles. The second kappa shape index (κ2) is 7.07. The molecule has 0 aromatic carbocycles. The van der Waals surface area contributed by atoms with E-state index in [1.54, 1.807) is 0 Å². The van der Waals surface area contributed by atoms with E-state index >= 15 is 0 Å². The lowest BCUT2D eigenvalue weighted by Gasteiger charge is -2.37. The van der Waals surface area contributed by atoms with Crippen molar-refractivity contribution in [3.05, 3.63) is 0 Å². The normalized spacial score (nSPS) is 26.4. The van der Waals surface area contributed by atoms with Crippen molar-refractivity contribution in [2.24, 2.45) is 0 Å². The molecule has 2 rings (SSSR count). The average molecular weight is 254 g/mol. The smallest absolute Gasteiger partial charge is 0.221 e. The zero-order valence-corrected chi connectivity index (χ0v) is 11.5. The van der Waals surface area contributed by atoms with Crippen LogP contribution in [0.4, 0.5) is 0 Å². The molecule has 1 unspecified atom stereocenters. The lowest BCUT2D eigenvalue weighted by molar-refractivity contribution is -0.121. The molecule has 5 nitrogen and oxygen atoms in total. The van der Waals surface area contributed by atoms with Crippen LogP contribution in [0.2, 0.25) is 0 Å². The minimum atomic E-state index is 0.180. The molecule has 5 heteroatoms. The van der Waals surface area contributed by atoms with Crippen molar-refractivity contribution in [3.8, 4) is 0 Å². The Morgan fingerprint density at radius 3 is 2.72 bits per heavy atom. The molecule has 2 aliphatic heterocycles. The number of amides is 1. The number of rotatable bonds is 5. The Balaban J connectivity index is 1.62. The Hall–Kier alpha value is -0.650. The Bertz CT molecular complexity index is 258. The van der Waals surface area contributed by atoms with Gasteiger partial charge in [0.25, 0.3) is 0 Å². The number of nitrogens with one attached hydrogen (secondary N) is 2. The van der Waals surface area contributed by atoms with Gasteiger partial charge in [-0.3, -0.25) is 9.69 Å². The van der Waals surface area contributed by atoms with Crippen LogP contribution in [-0.2, 0) is 4.79 Å². The van der Waals surface area contributed by atoms with Crippen LogP contribution in [0, 0.1) is 0 Å². The minimum absolute atomic E-state index is 0.180. The molecule has 1 atom stereocenters. The predicted molar refractivity (Wildman–Crippen MR) is 72.6 cm³/mol. The molecule has 2 heterocycles. The summed E-state index contributed by atoms with van der Waals surface area (Å²) < 4.78 is 0. The van der Waals surface area contributed by atoms with Crippen molar-refractivity contribution in [1.82, 2.24) is 20.4 Å².